The van der Waals surface area contributed by atoms with Crippen molar-refractivity contribution in [1.82, 2.24) is 0 Å². The molecule has 3 heteroatoms. The van der Waals surface area contributed by atoms with E-state index in [1.165, 1.54) is 0 Å². The summed E-state index contributed by atoms with van der Waals surface area (Å²) in [4.78, 5) is 13.2. The highest BCUT2D eigenvalue weighted by atomic mass is 32.2. The van der Waals surface area contributed by atoms with Crippen LogP contribution in [-0.2, 0) is 0 Å². The summed E-state index contributed by atoms with van der Waals surface area (Å²) >= 11 is 1.61. The average molecular weight is 229 g/mol. The zero-order valence-corrected chi connectivity index (χ0v) is 9.41. The zero-order valence-electron chi connectivity index (χ0n) is 8.59. The molecule has 0 spiro atoms. The molecule has 2 aromatic rings. The molecule has 0 heterocycles. The van der Waals surface area contributed by atoms with Gasteiger partial charge in [-0.15, -0.1) is 0 Å². The normalized spacial score (nSPS) is 10.0. The maximum Gasteiger partial charge on any atom is 0.248 e. The number of carbonyl (C=O) groups excluding carboxylic acids is 1. The Morgan fingerprint density at radius 1 is 0.938 bits per heavy atom. The van der Waals surface area contributed by atoms with Gasteiger partial charge in [-0.2, -0.15) is 0 Å². The van der Waals surface area contributed by atoms with Gasteiger partial charge < -0.3 is 5.73 Å². The zero-order chi connectivity index (χ0) is 11.4. The third-order valence-corrected chi connectivity index (χ3v) is 3.09. The summed E-state index contributed by atoms with van der Waals surface area (Å²) in [6.07, 6.45) is 0. The van der Waals surface area contributed by atoms with Crippen molar-refractivity contribution < 1.29 is 4.79 Å². The van der Waals surface area contributed by atoms with Crippen molar-refractivity contribution in [2.75, 3.05) is 0 Å². The number of nitrogens with two attached hydrogens (primary N) is 1. The topological polar surface area (TPSA) is 43.1 Å². The predicted molar refractivity (Wildman–Crippen MR) is 65.5 cm³/mol. The van der Waals surface area contributed by atoms with Crippen LogP contribution < -0.4 is 5.73 Å². The van der Waals surface area contributed by atoms with Gasteiger partial charge in [-0.05, 0) is 30.3 Å². The lowest BCUT2D eigenvalue weighted by Crippen LogP contribution is -2.10. The second-order valence-corrected chi connectivity index (χ2v) is 4.45. The van der Waals surface area contributed by atoms with Gasteiger partial charge in [0.2, 0.25) is 5.91 Å². The van der Waals surface area contributed by atoms with Gasteiger partial charge in [0.05, 0.1) is 0 Å². The summed E-state index contributed by atoms with van der Waals surface area (Å²) < 4.78 is 0. The molecule has 0 aliphatic heterocycles. The second kappa shape index (κ2) is 4.86. The number of amides is 1. The van der Waals surface area contributed by atoms with Crippen LogP contribution in [0.3, 0.4) is 0 Å². The fraction of sp³-hybridized carbons (Fsp3) is 0. The van der Waals surface area contributed by atoms with Crippen LogP contribution in [0.1, 0.15) is 10.4 Å². The predicted octanol–water partition coefficient (Wildman–Crippen LogP) is 2.94. The summed E-state index contributed by atoms with van der Waals surface area (Å²) in [5.74, 6) is -0.393. The molecule has 0 saturated heterocycles. The SMILES string of the molecule is NC(=O)c1cccc(Sc2ccccc2)c1. The lowest BCUT2D eigenvalue weighted by atomic mass is 10.2. The van der Waals surface area contributed by atoms with Crippen molar-refractivity contribution in [1.29, 1.82) is 0 Å². The Hall–Kier alpha value is -1.74. The molecule has 1 amide bonds. The summed E-state index contributed by atoms with van der Waals surface area (Å²) in [6, 6.07) is 17.3. The molecule has 2 rings (SSSR count). The fourth-order valence-corrected chi connectivity index (χ4v) is 2.24. The van der Waals surface area contributed by atoms with Crippen molar-refractivity contribution >= 4 is 17.7 Å². The van der Waals surface area contributed by atoms with E-state index in [4.69, 9.17) is 5.73 Å². The monoisotopic (exact) mass is 229 g/mol. The maximum atomic E-state index is 11.0. The maximum absolute atomic E-state index is 11.0. The minimum atomic E-state index is -0.393. The second-order valence-electron chi connectivity index (χ2n) is 3.31. The lowest BCUT2D eigenvalue weighted by Gasteiger charge is -2.02. The number of carbonyl (C=O) groups is 1. The highest BCUT2D eigenvalue weighted by Gasteiger charge is 2.02. The molecule has 0 aliphatic carbocycles. The molecule has 80 valence electrons. The first kappa shape index (κ1) is 10.8. The first-order chi connectivity index (χ1) is 7.75. The largest absolute Gasteiger partial charge is 0.366 e. The van der Waals surface area contributed by atoms with E-state index in [0.717, 1.165) is 9.79 Å². The Bertz CT molecular complexity index is 496. The summed E-state index contributed by atoms with van der Waals surface area (Å²) in [5.41, 5.74) is 5.77. The minimum Gasteiger partial charge on any atom is -0.366 e. The van der Waals surface area contributed by atoms with Gasteiger partial charge in [-0.25, -0.2) is 0 Å². The third-order valence-electron chi connectivity index (χ3n) is 2.10. The Kier molecular flexibility index (Phi) is 3.27. The van der Waals surface area contributed by atoms with Crippen molar-refractivity contribution in [3.8, 4) is 0 Å². The average Bonchev–Trinajstić information content (AvgIpc) is 2.30. The molecule has 0 atom stereocenters. The number of benzene rings is 2. The minimum absolute atomic E-state index is 0.393. The van der Waals surface area contributed by atoms with Gasteiger partial charge in [0.25, 0.3) is 0 Å². The van der Waals surface area contributed by atoms with E-state index in [2.05, 4.69) is 0 Å². The molecule has 0 aromatic heterocycles. The molecule has 2 aromatic carbocycles. The summed E-state index contributed by atoms with van der Waals surface area (Å²) in [5, 5.41) is 0. The van der Waals surface area contributed by atoms with Gasteiger partial charge in [-0.3, -0.25) is 4.79 Å². The molecule has 16 heavy (non-hydrogen) atoms. The van der Waals surface area contributed by atoms with Gasteiger partial charge in [0.15, 0.2) is 0 Å². The summed E-state index contributed by atoms with van der Waals surface area (Å²) in [6.45, 7) is 0. The van der Waals surface area contributed by atoms with Gasteiger partial charge in [-0.1, -0.05) is 36.0 Å². The van der Waals surface area contributed by atoms with Crippen LogP contribution in [0.4, 0.5) is 0 Å². The van der Waals surface area contributed by atoms with Crippen molar-refractivity contribution in [3.05, 3.63) is 60.2 Å². The fourth-order valence-electron chi connectivity index (χ4n) is 1.34. The molecular weight excluding hydrogens is 218 g/mol. The van der Waals surface area contributed by atoms with Gasteiger partial charge in [0, 0.05) is 15.4 Å². The molecule has 0 saturated carbocycles. The van der Waals surface area contributed by atoms with Gasteiger partial charge >= 0.3 is 0 Å². The molecule has 0 bridgehead atoms. The van der Waals surface area contributed by atoms with Crippen LogP contribution in [0.25, 0.3) is 0 Å². The molecule has 0 radical (unpaired) electrons. The highest BCUT2D eigenvalue weighted by Crippen LogP contribution is 2.27. The number of hydrogen-bond acceptors (Lipinski definition) is 2. The van der Waals surface area contributed by atoms with E-state index in [1.807, 2.05) is 42.5 Å². The van der Waals surface area contributed by atoms with Crippen LogP contribution in [0.5, 0.6) is 0 Å². The molecule has 0 fully saturated rings. The van der Waals surface area contributed by atoms with E-state index in [-0.39, 0.29) is 0 Å². The van der Waals surface area contributed by atoms with Gasteiger partial charge in [0.1, 0.15) is 0 Å². The Labute approximate surface area is 98.5 Å². The molecular formula is C13H11NOS. The summed E-state index contributed by atoms with van der Waals surface area (Å²) in [7, 11) is 0. The van der Waals surface area contributed by atoms with Crippen molar-refractivity contribution in [3.63, 3.8) is 0 Å². The Morgan fingerprint density at radius 3 is 2.31 bits per heavy atom. The third kappa shape index (κ3) is 2.64. The van der Waals surface area contributed by atoms with Crippen LogP contribution >= 0.6 is 11.8 Å². The van der Waals surface area contributed by atoms with Crippen LogP contribution in [0, 0.1) is 0 Å². The van der Waals surface area contributed by atoms with E-state index >= 15 is 0 Å². The van der Waals surface area contributed by atoms with E-state index in [1.54, 1.807) is 23.9 Å². The smallest absolute Gasteiger partial charge is 0.248 e. The van der Waals surface area contributed by atoms with Crippen LogP contribution in [0.2, 0.25) is 0 Å². The first-order valence-electron chi connectivity index (χ1n) is 4.88. The van der Waals surface area contributed by atoms with E-state index in [0.29, 0.717) is 5.56 Å². The lowest BCUT2D eigenvalue weighted by molar-refractivity contribution is 0.1000. The Morgan fingerprint density at radius 2 is 1.62 bits per heavy atom. The first-order valence-corrected chi connectivity index (χ1v) is 5.70. The van der Waals surface area contributed by atoms with Crippen molar-refractivity contribution in [2.24, 2.45) is 5.73 Å². The quantitative estimate of drug-likeness (QED) is 0.879. The standard InChI is InChI=1S/C13H11NOS/c14-13(15)10-5-4-8-12(9-10)16-11-6-2-1-3-7-11/h1-9H,(H2,14,15). The van der Waals surface area contributed by atoms with E-state index in [9.17, 15) is 4.79 Å². The van der Waals surface area contributed by atoms with E-state index < -0.39 is 5.91 Å². The molecule has 0 aliphatic rings. The van der Waals surface area contributed by atoms with Crippen LogP contribution in [-0.4, -0.2) is 5.91 Å². The molecule has 0 unspecified atom stereocenters. The number of hydrogen-bond donors (Lipinski definition) is 1. The number of primary amides is 1. The van der Waals surface area contributed by atoms with Crippen LogP contribution in [0.15, 0.2) is 64.4 Å². The molecule has 2 nitrogen and oxygen atoms in total. The molecule has 2 N–H and O–H groups in total. The Balaban J connectivity index is 2.22. The van der Waals surface area contributed by atoms with Crippen molar-refractivity contribution in [2.45, 2.75) is 9.79 Å². The highest BCUT2D eigenvalue weighted by molar-refractivity contribution is 7.99. The number of rotatable bonds is 3.